The lowest BCUT2D eigenvalue weighted by Crippen LogP contribution is -2.25. The summed E-state index contributed by atoms with van der Waals surface area (Å²) in [5.74, 6) is 1.33. The Morgan fingerprint density at radius 3 is 1.84 bits per heavy atom. The van der Waals surface area contributed by atoms with Crippen LogP contribution in [0.3, 0.4) is 0 Å². The molecule has 0 saturated heterocycles. The maximum absolute atomic E-state index is 12.4. The summed E-state index contributed by atoms with van der Waals surface area (Å²) in [5, 5.41) is 10.1. The Bertz CT molecular complexity index is 979. The van der Waals surface area contributed by atoms with Gasteiger partial charge in [-0.2, -0.15) is 0 Å². The first kappa shape index (κ1) is 22.2. The van der Waals surface area contributed by atoms with Crippen LogP contribution < -0.4 is 9.47 Å². The van der Waals surface area contributed by atoms with Crippen LogP contribution in [0.2, 0.25) is 0 Å². The zero-order valence-electron chi connectivity index (χ0n) is 17.5. The van der Waals surface area contributed by atoms with Crippen molar-refractivity contribution in [1.29, 1.82) is 0 Å². The fourth-order valence-electron chi connectivity index (χ4n) is 2.96. The summed E-state index contributed by atoms with van der Waals surface area (Å²) in [5.41, 5.74) is 2.28. The molecule has 3 rings (SSSR count). The van der Waals surface area contributed by atoms with Crippen molar-refractivity contribution in [2.24, 2.45) is 0 Å². The van der Waals surface area contributed by atoms with E-state index in [1.807, 2.05) is 42.5 Å². The van der Waals surface area contributed by atoms with E-state index in [0.717, 1.165) is 5.56 Å². The van der Waals surface area contributed by atoms with Crippen LogP contribution in [0, 0.1) is 0 Å². The SMILES string of the molecule is CC(=O)CCc1ccc(OC[C@H](O)COc2ccc(C(=O)c3ccccc3)cc2)cc1. The van der Waals surface area contributed by atoms with Crippen molar-refractivity contribution in [2.75, 3.05) is 13.2 Å². The van der Waals surface area contributed by atoms with E-state index < -0.39 is 6.10 Å². The molecule has 0 unspecified atom stereocenters. The number of rotatable bonds is 11. The van der Waals surface area contributed by atoms with Gasteiger partial charge in [-0.1, -0.05) is 42.5 Å². The summed E-state index contributed by atoms with van der Waals surface area (Å²) in [6.45, 7) is 1.75. The molecule has 0 amide bonds. The van der Waals surface area contributed by atoms with Crippen molar-refractivity contribution < 1.29 is 24.2 Å². The van der Waals surface area contributed by atoms with Gasteiger partial charge in [0.15, 0.2) is 5.78 Å². The van der Waals surface area contributed by atoms with E-state index in [1.54, 1.807) is 43.3 Å². The molecular formula is C26H26O5. The molecule has 0 fully saturated rings. The summed E-state index contributed by atoms with van der Waals surface area (Å²) < 4.78 is 11.2. The van der Waals surface area contributed by atoms with E-state index in [4.69, 9.17) is 9.47 Å². The predicted molar refractivity (Wildman–Crippen MR) is 119 cm³/mol. The van der Waals surface area contributed by atoms with Crippen molar-refractivity contribution in [3.63, 3.8) is 0 Å². The van der Waals surface area contributed by atoms with Crippen molar-refractivity contribution in [3.05, 3.63) is 95.6 Å². The standard InChI is InChI=1S/C26H26O5/c1-19(27)7-8-20-9-13-24(14-10-20)30-17-23(28)18-31-25-15-11-22(12-16-25)26(29)21-5-3-2-4-6-21/h2-6,9-16,23,28H,7-8,17-18H2,1H3/t23-/m0/s1. The molecule has 0 aromatic heterocycles. The fraction of sp³-hybridized carbons (Fsp3) is 0.231. The van der Waals surface area contributed by atoms with Gasteiger partial charge >= 0.3 is 0 Å². The van der Waals surface area contributed by atoms with E-state index in [0.29, 0.717) is 35.5 Å². The smallest absolute Gasteiger partial charge is 0.193 e. The molecule has 0 bridgehead atoms. The first-order chi connectivity index (χ1) is 15.0. The van der Waals surface area contributed by atoms with Gasteiger partial charge in [0.25, 0.3) is 0 Å². The Balaban J connectivity index is 1.42. The quantitative estimate of drug-likeness (QED) is 0.471. The van der Waals surface area contributed by atoms with Crippen LogP contribution >= 0.6 is 0 Å². The van der Waals surface area contributed by atoms with E-state index in [2.05, 4.69) is 0 Å². The molecular weight excluding hydrogens is 392 g/mol. The number of benzene rings is 3. The van der Waals surface area contributed by atoms with Crippen molar-refractivity contribution >= 4 is 11.6 Å². The summed E-state index contributed by atoms with van der Waals surface area (Å²) in [6.07, 6.45) is 0.433. The Morgan fingerprint density at radius 2 is 1.29 bits per heavy atom. The molecule has 0 heterocycles. The molecule has 0 aliphatic carbocycles. The summed E-state index contributed by atoms with van der Waals surface area (Å²) in [4.78, 5) is 23.5. The van der Waals surface area contributed by atoms with Gasteiger partial charge in [0.05, 0.1) is 0 Å². The van der Waals surface area contributed by atoms with Crippen LogP contribution in [-0.4, -0.2) is 36.0 Å². The zero-order valence-corrected chi connectivity index (χ0v) is 17.5. The van der Waals surface area contributed by atoms with Gasteiger partial charge in [-0.15, -0.1) is 0 Å². The number of carbonyl (C=O) groups is 2. The molecule has 5 nitrogen and oxygen atoms in total. The third-order valence-electron chi connectivity index (χ3n) is 4.73. The molecule has 5 heteroatoms. The number of aliphatic hydroxyl groups is 1. The van der Waals surface area contributed by atoms with Gasteiger partial charge in [-0.05, 0) is 55.3 Å². The molecule has 0 aliphatic heterocycles. The minimum atomic E-state index is -0.803. The lowest BCUT2D eigenvalue weighted by Gasteiger charge is -2.14. The number of ketones is 2. The Hall–Kier alpha value is -3.44. The number of ether oxygens (including phenoxy) is 2. The van der Waals surface area contributed by atoms with E-state index in [-0.39, 0.29) is 24.8 Å². The number of aryl methyl sites for hydroxylation is 1. The molecule has 0 spiro atoms. The van der Waals surface area contributed by atoms with E-state index in [1.165, 1.54) is 0 Å². The maximum Gasteiger partial charge on any atom is 0.193 e. The molecule has 31 heavy (non-hydrogen) atoms. The number of hydrogen-bond donors (Lipinski definition) is 1. The molecule has 1 atom stereocenters. The van der Waals surface area contributed by atoms with Crippen LogP contribution in [0.15, 0.2) is 78.9 Å². The average molecular weight is 418 g/mol. The van der Waals surface area contributed by atoms with Crippen LogP contribution in [-0.2, 0) is 11.2 Å². The minimum Gasteiger partial charge on any atom is -0.491 e. The number of aliphatic hydroxyl groups excluding tert-OH is 1. The molecule has 0 radical (unpaired) electrons. The maximum atomic E-state index is 12.4. The monoisotopic (exact) mass is 418 g/mol. The Morgan fingerprint density at radius 1 is 0.774 bits per heavy atom. The second-order valence-corrected chi connectivity index (χ2v) is 7.34. The molecule has 3 aromatic carbocycles. The highest BCUT2D eigenvalue weighted by Gasteiger charge is 2.10. The minimum absolute atomic E-state index is 0.0482. The zero-order chi connectivity index (χ0) is 22.1. The lowest BCUT2D eigenvalue weighted by atomic mass is 10.0. The van der Waals surface area contributed by atoms with Gasteiger partial charge in [-0.25, -0.2) is 0 Å². The molecule has 0 saturated carbocycles. The largest absolute Gasteiger partial charge is 0.491 e. The molecule has 3 aromatic rings. The van der Waals surface area contributed by atoms with Crippen LogP contribution in [0.5, 0.6) is 11.5 Å². The second-order valence-electron chi connectivity index (χ2n) is 7.34. The van der Waals surface area contributed by atoms with Crippen molar-refractivity contribution in [2.45, 2.75) is 25.9 Å². The highest BCUT2D eigenvalue weighted by Crippen LogP contribution is 2.17. The van der Waals surface area contributed by atoms with Crippen molar-refractivity contribution in [1.82, 2.24) is 0 Å². The van der Waals surface area contributed by atoms with Crippen LogP contribution in [0.1, 0.15) is 34.8 Å². The Labute approximate surface area is 182 Å². The number of carbonyl (C=O) groups excluding carboxylic acids is 2. The summed E-state index contributed by atoms with van der Waals surface area (Å²) in [6, 6.07) is 23.4. The Kier molecular flexibility index (Phi) is 7.96. The summed E-state index contributed by atoms with van der Waals surface area (Å²) in [7, 11) is 0. The average Bonchev–Trinajstić information content (AvgIpc) is 2.81. The molecule has 1 N–H and O–H groups in total. The highest BCUT2D eigenvalue weighted by molar-refractivity contribution is 6.08. The first-order valence-corrected chi connectivity index (χ1v) is 10.2. The summed E-state index contributed by atoms with van der Waals surface area (Å²) >= 11 is 0. The van der Waals surface area contributed by atoms with Gasteiger partial charge < -0.3 is 19.4 Å². The van der Waals surface area contributed by atoms with E-state index in [9.17, 15) is 14.7 Å². The predicted octanol–water partition coefficient (Wildman–Crippen LogP) is 4.26. The van der Waals surface area contributed by atoms with Gasteiger partial charge in [-0.3, -0.25) is 4.79 Å². The third-order valence-corrected chi connectivity index (χ3v) is 4.73. The van der Waals surface area contributed by atoms with Crippen LogP contribution in [0.4, 0.5) is 0 Å². The van der Waals surface area contributed by atoms with Crippen LogP contribution in [0.25, 0.3) is 0 Å². The van der Waals surface area contributed by atoms with Gasteiger partial charge in [0, 0.05) is 17.5 Å². The number of Topliss-reactive ketones (excluding diaryl/α,β-unsaturated/α-hetero) is 1. The third kappa shape index (κ3) is 7.08. The normalized spacial score (nSPS) is 11.5. The number of hydrogen-bond acceptors (Lipinski definition) is 5. The van der Waals surface area contributed by atoms with Crippen molar-refractivity contribution in [3.8, 4) is 11.5 Å². The van der Waals surface area contributed by atoms with E-state index >= 15 is 0 Å². The second kappa shape index (κ2) is 11.1. The lowest BCUT2D eigenvalue weighted by molar-refractivity contribution is -0.116. The van der Waals surface area contributed by atoms with Gasteiger partial charge in [0.1, 0.15) is 36.6 Å². The van der Waals surface area contributed by atoms with Gasteiger partial charge in [0.2, 0.25) is 0 Å². The fourth-order valence-corrected chi connectivity index (χ4v) is 2.96. The topological polar surface area (TPSA) is 72.8 Å². The molecule has 160 valence electrons. The highest BCUT2D eigenvalue weighted by atomic mass is 16.5. The molecule has 0 aliphatic rings. The first-order valence-electron chi connectivity index (χ1n) is 10.2.